The Morgan fingerprint density at radius 2 is 1.86 bits per heavy atom. The molecule has 0 radical (unpaired) electrons. The van der Waals surface area contributed by atoms with Crippen LogP contribution >= 0.6 is 0 Å². The second-order valence-corrected chi connectivity index (χ2v) is 7.05. The number of fused-ring (bicyclic) bond motifs is 1. The average Bonchev–Trinajstić information content (AvgIpc) is 2.71. The maximum atomic E-state index is 14.2. The fourth-order valence-electron chi connectivity index (χ4n) is 3.48. The molecule has 3 aromatic rings. The highest BCUT2D eigenvalue weighted by Crippen LogP contribution is 2.16. The molecule has 1 amide bonds. The summed E-state index contributed by atoms with van der Waals surface area (Å²) >= 11 is 0. The van der Waals surface area contributed by atoms with Crippen molar-refractivity contribution >= 4 is 16.9 Å². The van der Waals surface area contributed by atoms with Gasteiger partial charge in [-0.15, -0.1) is 0 Å². The molecular weight excluding hydrogens is 359 g/mol. The van der Waals surface area contributed by atoms with Crippen LogP contribution in [0.4, 0.5) is 4.39 Å². The molecule has 28 heavy (non-hydrogen) atoms. The average molecular weight is 380 g/mol. The Balaban J connectivity index is 1.80. The zero-order chi connectivity index (χ0) is 19.7. The molecule has 1 saturated heterocycles. The van der Waals surface area contributed by atoms with E-state index in [0.717, 1.165) is 13.1 Å². The molecule has 7 heteroatoms. The molecule has 1 fully saturated rings. The lowest BCUT2D eigenvalue weighted by molar-refractivity contribution is 0.0662. The van der Waals surface area contributed by atoms with E-state index in [2.05, 4.69) is 9.88 Å². The highest BCUT2D eigenvalue weighted by atomic mass is 19.1. The predicted octanol–water partition coefficient (Wildman–Crippen LogP) is 1.97. The van der Waals surface area contributed by atoms with Gasteiger partial charge >= 0.3 is 0 Å². The standard InChI is InChI=1S/C21H21FN4O2/c1-24-9-11-25(12-10-24)20(27)17-13-15-6-4-8-23-19(15)26(21(17)28)14-16-5-2-3-7-18(16)22/h2-8,13H,9-12,14H2,1H3. The van der Waals surface area contributed by atoms with Gasteiger partial charge in [0, 0.05) is 43.3 Å². The molecule has 0 saturated carbocycles. The number of aromatic nitrogens is 2. The summed E-state index contributed by atoms with van der Waals surface area (Å²) in [6.07, 6.45) is 1.58. The molecule has 0 atom stereocenters. The van der Waals surface area contributed by atoms with E-state index in [0.29, 0.717) is 29.7 Å². The monoisotopic (exact) mass is 380 g/mol. The first-order chi connectivity index (χ1) is 13.5. The molecule has 0 spiro atoms. The van der Waals surface area contributed by atoms with Crippen molar-refractivity contribution in [3.05, 3.63) is 76.0 Å². The Morgan fingerprint density at radius 3 is 2.61 bits per heavy atom. The molecule has 1 aliphatic heterocycles. The zero-order valence-corrected chi connectivity index (χ0v) is 15.6. The smallest absolute Gasteiger partial charge is 0.265 e. The summed E-state index contributed by atoms with van der Waals surface area (Å²) in [5.41, 5.74) is 0.464. The molecule has 6 nitrogen and oxygen atoms in total. The number of pyridine rings is 2. The number of rotatable bonds is 3. The second kappa shape index (κ2) is 7.52. The Kier molecular flexibility index (Phi) is 4.92. The van der Waals surface area contributed by atoms with Gasteiger partial charge in [0.2, 0.25) is 0 Å². The van der Waals surface area contributed by atoms with Gasteiger partial charge < -0.3 is 9.80 Å². The third kappa shape index (κ3) is 3.41. The molecule has 0 N–H and O–H groups in total. The Morgan fingerprint density at radius 1 is 1.11 bits per heavy atom. The van der Waals surface area contributed by atoms with Gasteiger partial charge in [-0.25, -0.2) is 9.37 Å². The minimum atomic E-state index is -0.446. The fourth-order valence-corrected chi connectivity index (χ4v) is 3.48. The number of hydrogen-bond donors (Lipinski definition) is 0. The van der Waals surface area contributed by atoms with Crippen LogP contribution in [-0.4, -0.2) is 58.5 Å². The van der Waals surface area contributed by atoms with E-state index < -0.39 is 11.4 Å². The van der Waals surface area contributed by atoms with Gasteiger partial charge in [-0.3, -0.25) is 14.2 Å². The number of hydrogen-bond acceptors (Lipinski definition) is 4. The van der Waals surface area contributed by atoms with E-state index >= 15 is 0 Å². The van der Waals surface area contributed by atoms with Gasteiger partial charge in [0.25, 0.3) is 11.5 Å². The second-order valence-electron chi connectivity index (χ2n) is 7.05. The maximum absolute atomic E-state index is 14.2. The molecule has 0 bridgehead atoms. The van der Waals surface area contributed by atoms with Crippen LogP contribution in [0.5, 0.6) is 0 Å². The number of halogens is 1. The Labute approximate surface area is 161 Å². The topological polar surface area (TPSA) is 58.4 Å². The molecule has 4 rings (SSSR count). The lowest BCUT2D eigenvalue weighted by atomic mass is 10.1. The van der Waals surface area contributed by atoms with Crippen LogP contribution in [0.3, 0.4) is 0 Å². The summed E-state index contributed by atoms with van der Waals surface area (Å²) in [4.78, 5) is 34.4. The van der Waals surface area contributed by atoms with Crippen LogP contribution in [0.15, 0.2) is 53.5 Å². The molecular formula is C21H21FN4O2. The van der Waals surface area contributed by atoms with Gasteiger partial charge in [-0.05, 0) is 31.3 Å². The van der Waals surface area contributed by atoms with Gasteiger partial charge in [0.15, 0.2) is 0 Å². The number of piperazine rings is 1. The van der Waals surface area contributed by atoms with Crippen molar-refractivity contribution in [3.8, 4) is 0 Å². The van der Waals surface area contributed by atoms with E-state index in [1.54, 1.807) is 47.5 Å². The molecule has 2 aromatic heterocycles. The molecule has 1 aromatic carbocycles. The minimum Gasteiger partial charge on any atom is -0.336 e. The van der Waals surface area contributed by atoms with Crippen LogP contribution in [0.25, 0.3) is 11.0 Å². The SMILES string of the molecule is CN1CCN(C(=O)c2cc3cccnc3n(Cc3ccccc3F)c2=O)CC1. The molecule has 0 unspecified atom stereocenters. The predicted molar refractivity (Wildman–Crippen MR) is 105 cm³/mol. The summed E-state index contributed by atoms with van der Waals surface area (Å²) in [7, 11) is 2.00. The van der Waals surface area contributed by atoms with Crippen LogP contribution < -0.4 is 5.56 Å². The van der Waals surface area contributed by atoms with Crippen LogP contribution in [0.2, 0.25) is 0 Å². The van der Waals surface area contributed by atoms with E-state index in [4.69, 9.17) is 0 Å². The third-order valence-corrected chi connectivity index (χ3v) is 5.16. The van der Waals surface area contributed by atoms with E-state index in [-0.39, 0.29) is 18.0 Å². The van der Waals surface area contributed by atoms with Gasteiger partial charge in [-0.1, -0.05) is 18.2 Å². The van der Waals surface area contributed by atoms with Crippen molar-refractivity contribution in [2.75, 3.05) is 33.2 Å². The van der Waals surface area contributed by atoms with Crippen LogP contribution in [-0.2, 0) is 6.54 Å². The highest BCUT2D eigenvalue weighted by Gasteiger charge is 2.24. The first kappa shape index (κ1) is 18.3. The van der Waals surface area contributed by atoms with E-state index in [1.807, 2.05) is 7.05 Å². The number of carbonyl (C=O) groups excluding carboxylic acids is 1. The van der Waals surface area contributed by atoms with Gasteiger partial charge in [0.1, 0.15) is 17.0 Å². The highest BCUT2D eigenvalue weighted by molar-refractivity contribution is 5.97. The zero-order valence-electron chi connectivity index (χ0n) is 15.6. The van der Waals surface area contributed by atoms with Crippen molar-refractivity contribution in [2.45, 2.75) is 6.54 Å². The first-order valence-electron chi connectivity index (χ1n) is 9.24. The molecule has 144 valence electrons. The van der Waals surface area contributed by atoms with Crippen molar-refractivity contribution in [3.63, 3.8) is 0 Å². The lowest BCUT2D eigenvalue weighted by Gasteiger charge is -2.32. The van der Waals surface area contributed by atoms with Crippen LogP contribution in [0.1, 0.15) is 15.9 Å². The number of amides is 1. The minimum absolute atomic E-state index is 0.0167. The molecule has 0 aliphatic carbocycles. The quantitative estimate of drug-likeness (QED) is 0.697. The van der Waals surface area contributed by atoms with Crippen molar-refractivity contribution in [1.29, 1.82) is 0 Å². The molecule has 1 aliphatic rings. The largest absolute Gasteiger partial charge is 0.336 e. The van der Waals surface area contributed by atoms with Crippen molar-refractivity contribution in [2.24, 2.45) is 0 Å². The lowest BCUT2D eigenvalue weighted by Crippen LogP contribution is -2.48. The number of nitrogens with zero attached hydrogens (tertiary/aromatic N) is 4. The summed E-state index contributed by atoms with van der Waals surface area (Å²) in [6.45, 7) is 2.71. The summed E-state index contributed by atoms with van der Waals surface area (Å²) in [5, 5.41) is 0.677. The summed E-state index contributed by atoms with van der Waals surface area (Å²) in [6, 6.07) is 11.5. The number of carbonyl (C=O) groups is 1. The fraction of sp³-hybridized carbons (Fsp3) is 0.286. The number of benzene rings is 1. The normalized spacial score (nSPS) is 15.1. The van der Waals surface area contributed by atoms with Crippen molar-refractivity contribution < 1.29 is 9.18 Å². The third-order valence-electron chi connectivity index (χ3n) is 5.16. The van der Waals surface area contributed by atoms with Gasteiger partial charge in [-0.2, -0.15) is 0 Å². The van der Waals surface area contributed by atoms with Crippen LogP contribution in [0, 0.1) is 5.82 Å². The van der Waals surface area contributed by atoms with Gasteiger partial charge in [0.05, 0.1) is 6.54 Å². The molecule has 3 heterocycles. The maximum Gasteiger partial charge on any atom is 0.265 e. The number of likely N-dealkylation sites (N-methyl/N-ethyl adjacent to an activating group) is 1. The Bertz CT molecular complexity index is 1090. The van der Waals surface area contributed by atoms with E-state index in [1.165, 1.54) is 10.6 Å². The first-order valence-corrected chi connectivity index (χ1v) is 9.24. The van der Waals surface area contributed by atoms with Crippen molar-refractivity contribution in [1.82, 2.24) is 19.4 Å². The summed E-state index contributed by atoms with van der Waals surface area (Å²) < 4.78 is 15.6. The van der Waals surface area contributed by atoms with E-state index in [9.17, 15) is 14.0 Å². The summed E-state index contributed by atoms with van der Waals surface area (Å²) in [5.74, 6) is -0.680. The Hall–Kier alpha value is -3.06.